The highest BCUT2D eigenvalue weighted by Crippen LogP contribution is 2.02. The molecule has 2 aromatic heterocycles. The summed E-state index contributed by atoms with van der Waals surface area (Å²) in [5.41, 5.74) is 7.34. The molecule has 82 valence electrons. The van der Waals surface area contributed by atoms with E-state index < -0.39 is 0 Å². The molecule has 0 aliphatic carbocycles. The van der Waals surface area contributed by atoms with Crippen molar-refractivity contribution in [2.24, 2.45) is 0 Å². The van der Waals surface area contributed by atoms with Crippen LogP contribution in [0.1, 0.15) is 11.1 Å². The largest absolute Gasteiger partial charge is 0.382 e. The predicted molar refractivity (Wildman–Crippen MR) is 61.0 cm³/mol. The molecule has 0 aliphatic heterocycles. The van der Waals surface area contributed by atoms with Gasteiger partial charge in [0.2, 0.25) is 0 Å². The van der Waals surface area contributed by atoms with Crippen LogP contribution in [0.4, 0.5) is 5.82 Å². The molecule has 0 saturated heterocycles. The third-order valence-electron chi connectivity index (χ3n) is 2.15. The maximum absolute atomic E-state index is 11.5. The van der Waals surface area contributed by atoms with Gasteiger partial charge in [-0.05, 0) is 24.1 Å². The quantitative estimate of drug-likeness (QED) is 0.796. The first-order valence-corrected chi connectivity index (χ1v) is 4.89. The number of anilines is 1. The van der Waals surface area contributed by atoms with Gasteiger partial charge in [0.1, 0.15) is 5.82 Å². The highest BCUT2D eigenvalue weighted by atomic mass is 16.1. The van der Waals surface area contributed by atoms with Crippen LogP contribution in [0.15, 0.2) is 35.4 Å². The number of aromatic nitrogens is 3. The van der Waals surface area contributed by atoms with Crippen LogP contribution in [0.3, 0.4) is 0 Å². The monoisotopic (exact) mass is 216 g/mol. The number of hydrogen-bond acceptors (Lipinski definition) is 4. The summed E-state index contributed by atoms with van der Waals surface area (Å²) in [5, 5.41) is 3.95. The predicted octanol–water partition coefficient (Wildman–Crippen LogP) is 0.577. The van der Waals surface area contributed by atoms with Crippen LogP contribution in [0, 0.1) is 6.92 Å². The molecule has 5 nitrogen and oxygen atoms in total. The Morgan fingerprint density at radius 1 is 1.38 bits per heavy atom. The molecule has 0 bridgehead atoms. The van der Waals surface area contributed by atoms with Crippen LogP contribution in [-0.2, 0) is 6.54 Å². The molecular weight excluding hydrogens is 204 g/mol. The van der Waals surface area contributed by atoms with Gasteiger partial charge in [-0.15, -0.1) is 0 Å². The first-order chi connectivity index (χ1) is 7.65. The van der Waals surface area contributed by atoms with Crippen molar-refractivity contribution in [2.75, 3.05) is 5.73 Å². The van der Waals surface area contributed by atoms with E-state index in [4.69, 9.17) is 5.73 Å². The van der Waals surface area contributed by atoms with Crippen LogP contribution in [-0.4, -0.2) is 14.8 Å². The average Bonchev–Trinajstić information content (AvgIpc) is 2.24. The van der Waals surface area contributed by atoms with Gasteiger partial charge in [-0.2, -0.15) is 5.10 Å². The van der Waals surface area contributed by atoms with Crippen LogP contribution in [0.5, 0.6) is 0 Å². The lowest BCUT2D eigenvalue weighted by Crippen LogP contribution is -2.23. The third kappa shape index (κ3) is 2.25. The van der Waals surface area contributed by atoms with Crippen molar-refractivity contribution in [3.8, 4) is 0 Å². The van der Waals surface area contributed by atoms with Crippen molar-refractivity contribution >= 4 is 5.82 Å². The van der Waals surface area contributed by atoms with E-state index in [1.54, 1.807) is 12.4 Å². The maximum Gasteiger partial charge on any atom is 0.267 e. The molecular formula is C11H12N4O. The molecule has 16 heavy (non-hydrogen) atoms. The second-order valence-electron chi connectivity index (χ2n) is 3.62. The molecule has 2 heterocycles. The third-order valence-corrected chi connectivity index (χ3v) is 2.15. The lowest BCUT2D eigenvalue weighted by Gasteiger charge is -2.05. The standard InChI is InChI=1S/C11H12N4O/c1-8-4-9(6-13-5-8)7-15-11(16)3-2-10(12)14-15/h2-6H,7H2,1H3,(H2,12,14). The SMILES string of the molecule is Cc1cncc(Cn2nc(N)ccc2=O)c1. The number of nitrogens with zero attached hydrogens (tertiary/aromatic N) is 3. The lowest BCUT2D eigenvalue weighted by atomic mass is 10.2. The second-order valence-corrected chi connectivity index (χ2v) is 3.62. The molecule has 0 aromatic carbocycles. The van der Waals surface area contributed by atoms with Crippen LogP contribution in [0.25, 0.3) is 0 Å². The van der Waals surface area contributed by atoms with E-state index in [2.05, 4.69) is 10.1 Å². The fourth-order valence-electron chi connectivity index (χ4n) is 1.45. The normalized spacial score (nSPS) is 10.3. The van der Waals surface area contributed by atoms with Gasteiger partial charge < -0.3 is 5.73 Å². The van der Waals surface area contributed by atoms with E-state index in [1.807, 2.05) is 13.0 Å². The number of rotatable bonds is 2. The molecule has 0 unspecified atom stereocenters. The van der Waals surface area contributed by atoms with Gasteiger partial charge in [-0.1, -0.05) is 6.07 Å². The summed E-state index contributed by atoms with van der Waals surface area (Å²) < 4.78 is 1.33. The zero-order valence-electron chi connectivity index (χ0n) is 8.92. The van der Waals surface area contributed by atoms with E-state index in [1.165, 1.54) is 16.8 Å². The van der Waals surface area contributed by atoms with Gasteiger partial charge in [-0.25, -0.2) is 4.68 Å². The Bertz CT molecular complexity index is 562. The molecule has 0 radical (unpaired) electrons. The number of nitrogens with two attached hydrogens (primary N) is 1. The Morgan fingerprint density at radius 2 is 2.19 bits per heavy atom. The molecule has 0 amide bonds. The molecule has 2 aromatic rings. The minimum atomic E-state index is -0.171. The minimum absolute atomic E-state index is 0.171. The summed E-state index contributed by atoms with van der Waals surface area (Å²) in [7, 11) is 0. The van der Waals surface area contributed by atoms with Crippen molar-refractivity contribution in [2.45, 2.75) is 13.5 Å². The summed E-state index contributed by atoms with van der Waals surface area (Å²) in [6.07, 6.45) is 3.48. The van der Waals surface area contributed by atoms with Crippen molar-refractivity contribution in [1.29, 1.82) is 0 Å². The fourth-order valence-corrected chi connectivity index (χ4v) is 1.45. The molecule has 5 heteroatoms. The number of hydrogen-bond donors (Lipinski definition) is 1. The topological polar surface area (TPSA) is 73.8 Å². The fraction of sp³-hybridized carbons (Fsp3) is 0.182. The van der Waals surface area contributed by atoms with E-state index >= 15 is 0 Å². The van der Waals surface area contributed by atoms with E-state index in [9.17, 15) is 4.79 Å². The van der Waals surface area contributed by atoms with Crippen molar-refractivity contribution in [3.05, 3.63) is 52.1 Å². The molecule has 0 aliphatic rings. The average molecular weight is 216 g/mol. The first kappa shape index (κ1) is 10.4. The van der Waals surface area contributed by atoms with Crippen molar-refractivity contribution in [3.63, 3.8) is 0 Å². The summed E-state index contributed by atoms with van der Waals surface area (Å²) in [4.78, 5) is 15.5. The van der Waals surface area contributed by atoms with Gasteiger partial charge in [0.15, 0.2) is 0 Å². The molecule has 2 rings (SSSR count). The second kappa shape index (κ2) is 4.14. The Morgan fingerprint density at radius 3 is 2.94 bits per heavy atom. The highest BCUT2D eigenvalue weighted by molar-refractivity contribution is 5.24. The molecule has 0 fully saturated rings. The zero-order chi connectivity index (χ0) is 11.5. The van der Waals surface area contributed by atoms with E-state index in [-0.39, 0.29) is 5.56 Å². The van der Waals surface area contributed by atoms with Crippen molar-refractivity contribution in [1.82, 2.24) is 14.8 Å². The molecule has 0 spiro atoms. The van der Waals surface area contributed by atoms with E-state index in [0.29, 0.717) is 12.4 Å². The van der Waals surface area contributed by atoms with Gasteiger partial charge in [0.05, 0.1) is 6.54 Å². The summed E-state index contributed by atoms with van der Waals surface area (Å²) in [5.74, 6) is 0.334. The summed E-state index contributed by atoms with van der Waals surface area (Å²) >= 11 is 0. The number of pyridine rings is 1. The highest BCUT2D eigenvalue weighted by Gasteiger charge is 2.00. The van der Waals surface area contributed by atoms with Gasteiger partial charge in [0, 0.05) is 18.5 Å². The Hall–Kier alpha value is -2.17. The lowest BCUT2D eigenvalue weighted by molar-refractivity contribution is 0.642. The van der Waals surface area contributed by atoms with Gasteiger partial charge >= 0.3 is 0 Å². The van der Waals surface area contributed by atoms with E-state index in [0.717, 1.165) is 11.1 Å². The van der Waals surface area contributed by atoms with Gasteiger partial charge in [-0.3, -0.25) is 9.78 Å². The van der Waals surface area contributed by atoms with Crippen molar-refractivity contribution < 1.29 is 0 Å². The first-order valence-electron chi connectivity index (χ1n) is 4.89. The Balaban J connectivity index is 2.34. The van der Waals surface area contributed by atoms with Crippen LogP contribution >= 0.6 is 0 Å². The molecule has 0 atom stereocenters. The van der Waals surface area contributed by atoms with Crippen LogP contribution in [0.2, 0.25) is 0 Å². The smallest absolute Gasteiger partial charge is 0.267 e. The summed E-state index contributed by atoms with van der Waals surface area (Å²) in [6.45, 7) is 2.34. The summed E-state index contributed by atoms with van der Waals surface area (Å²) in [6, 6.07) is 4.86. The Kier molecular flexibility index (Phi) is 2.68. The molecule has 0 saturated carbocycles. The van der Waals surface area contributed by atoms with Gasteiger partial charge in [0.25, 0.3) is 5.56 Å². The molecule has 2 N–H and O–H groups in total. The number of nitrogen functional groups attached to an aromatic ring is 1. The Labute approximate surface area is 92.6 Å². The minimum Gasteiger partial charge on any atom is -0.382 e. The number of aryl methyl sites for hydroxylation is 1. The maximum atomic E-state index is 11.5. The zero-order valence-corrected chi connectivity index (χ0v) is 8.92. The van der Waals surface area contributed by atoms with Crippen LogP contribution < -0.4 is 11.3 Å².